The van der Waals surface area contributed by atoms with Crippen molar-refractivity contribution < 1.29 is 9.53 Å². The standard InChI is InChI=1S/C23H31N3O3S/c1-29-16-8-4-6-14(12-16)23(28)26-11-5-7-15(13-26)20-24-21(27)19-17-9-2-3-10-18(17)30-22(19)25-20/h14-16H,2-13H2,1H3,(H,24,25,27)/t14-,15-,16-/m1/s1. The van der Waals surface area contributed by atoms with Gasteiger partial charge < -0.3 is 14.6 Å². The minimum Gasteiger partial charge on any atom is -0.381 e. The summed E-state index contributed by atoms with van der Waals surface area (Å²) in [5.41, 5.74) is 1.24. The summed E-state index contributed by atoms with van der Waals surface area (Å²) in [6.07, 6.45) is 10.5. The van der Waals surface area contributed by atoms with Gasteiger partial charge in [0, 0.05) is 36.9 Å². The van der Waals surface area contributed by atoms with E-state index >= 15 is 0 Å². The Morgan fingerprint density at radius 2 is 2.03 bits per heavy atom. The number of hydrogen-bond acceptors (Lipinski definition) is 5. The van der Waals surface area contributed by atoms with Gasteiger partial charge in [-0.05, 0) is 63.4 Å². The highest BCUT2D eigenvalue weighted by atomic mass is 32.1. The number of aromatic amines is 1. The predicted molar refractivity (Wildman–Crippen MR) is 118 cm³/mol. The lowest BCUT2D eigenvalue weighted by Gasteiger charge is -2.36. The number of fused-ring (bicyclic) bond motifs is 3. The minimum absolute atomic E-state index is 0.00747. The molecule has 5 rings (SSSR count). The highest BCUT2D eigenvalue weighted by Crippen LogP contribution is 2.35. The number of methoxy groups -OCH3 is 1. The Morgan fingerprint density at radius 3 is 2.90 bits per heavy atom. The van der Waals surface area contributed by atoms with Gasteiger partial charge in [-0.2, -0.15) is 0 Å². The molecular formula is C23H31N3O3S. The van der Waals surface area contributed by atoms with Gasteiger partial charge in [0.1, 0.15) is 10.7 Å². The number of H-pyrrole nitrogens is 1. The van der Waals surface area contributed by atoms with Crippen molar-refractivity contribution >= 4 is 27.5 Å². The highest BCUT2D eigenvalue weighted by molar-refractivity contribution is 7.18. The summed E-state index contributed by atoms with van der Waals surface area (Å²) >= 11 is 1.70. The highest BCUT2D eigenvalue weighted by Gasteiger charge is 2.34. The van der Waals surface area contributed by atoms with Crippen molar-refractivity contribution in [2.45, 2.75) is 76.2 Å². The normalized spacial score (nSPS) is 27.2. The number of carbonyl (C=O) groups is 1. The van der Waals surface area contributed by atoms with Crippen molar-refractivity contribution in [2.24, 2.45) is 5.92 Å². The fraction of sp³-hybridized carbons (Fsp3) is 0.696. The minimum atomic E-state index is 0.00747. The number of aryl methyl sites for hydroxylation is 2. The topological polar surface area (TPSA) is 75.3 Å². The largest absolute Gasteiger partial charge is 0.381 e. The monoisotopic (exact) mass is 429 g/mol. The summed E-state index contributed by atoms with van der Waals surface area (Å²) < 4.78 is 5.52. The molecule has 2 fully saturated rings. The van der Waals surface area contributed by atoms with Crippen molar-refractivity contribution in [3.05, 3.63) is 26.6 Å². The number of carbonyl (C=O) groups excluding carboxylic acids is 1. The summed E-state index contributed by atoms with van der Waals surface area (Å²) in [6.45, 7) is 1.47. The molecule has 2 aromatic heterocycles. The fourth-order valence-corrected chi connectivity index (χ4v) is 6.89. The zero-order valence-corrected chi connectivity index (χ0v) is 18.6. The Bertz CT molecular complexity index is 997. The van der Waals surface area contributed by atoms with Crippen LogP contribution in [0.1, 0.15) is 73.5 Å². The van der Waals surface area contributed by atoms with E-state index in [2.05, 4.69) is 4.98 Å². The van der Waals surface area contributed by atoms with Gasteiger partial charge in [0.05, 0.1) is 11.5 Å². The molecule has 1 amide bonds. The van der Waals surface area contributed by atoms with Crippen molar-refractivity contribution in [2.75, 3.05) is 20.2 Å². The van der Waals surface area contributed by atoms with E-state index in [0.29, 0.717) is 6.54 Å². The number of nitrogens with one attached hydrogen (secondary N) is 1. The van der Waals surface area contributed by atoms with Crippen LogP contribution < -0.4 is 5.56 Å². The SMILES string of the molecule is CO[C@@H]1CCC[C@@H](C(=O)N2CCC[C@@H](c3nc4sc5c(c4c(=O)[nH]3)CCCC5)C2)C1. The molecule has 0 bridgehead atoms. The van der Waals surface area contributed by atoms with E-state index in [1.807, 2.05) is 4.90 Å². The van der Waals surface area contributed by atoms with Crippen LogP contribution in [0.15, 0.2) is 4.79 Å². The molecule has 0 aromatic carbocycles. The average molecular weight is 430 g/mol. The number of piperidine rings is 1. The molecule has 1 saturated carbocycles. The quantitative estimate of drug-likeness (QED) is 0.806. The Kier molecular flexibility index (Phi) is 5.67. The maximum atomic E-state index is 13.2. The Hall–Kier alpha value is -1.73. The van der Waals surface area contributed by atoms with E-state index < -0.39 is 0 Å². The van der Waals surface area contributed by atoms with Crippen LogP contribution in [0.3, 0.4) is 0 Å². The van der Waals surface area contributed by atoms with Crippen molar-refractivity contribution in [1.29, 1.82) is 0 Å². The third-order valence-electron chi connectivity index (χ3n) is 7.27. The molecular weight excluding hydrogens is 398 g/mol. The van der Waals surface area contributed by atoms with Gasteiger partial charge in [0.15, 0.2) is 0 Å². The predicted octanol–water partition coefficient (Wildman–Crippen LogP) is 3.77. The number of ether oxygens (including phenoxy) is 1. The van der Waals surface area contributed by atoms with E-state index in [9.17, 15) is 9.59 Å². The molecule has 1 aliphatic heterocycles. The van der Waals surface area contributed by atoms with E-state index in [1.165, 1.54) is 16.9 Å². The second kappa shape index (κ2) is 8.42. The third kappa shape index (κ3) is 3.71. The van der Waals surface area contributed by atoms with Crippen molar-refractivity contribution in [1.82, 2.24) is 14.9 Å². The van der Waals surface area contributed by atoms with Crippen LogP contribution in [-0.4, -0.2) is 47.1 Å². The summed E-state index contributed by atoms with van der Waals surface area (Å²) in [6, 6.07) is 0. The van der Waals surface area contributed by atoms with Crippen LogP contribution >= 0.6 is 11.3 Å². The molecule has 3 heterocycles. The third-order valence-corrected chi connectivity index (χ3v) is 8.46. The lowest BCUT2D eigenvalue weighted by molar-refractivity contribution is -0.139. The smallest absolute Gasteiger partial charge is 0.259 e. The van der Waals surface area contributed by atoms with Gasteiger partial charge in [-0.3, -0.25) is 9.59 Å². The van der Waals surface area contributed by atoms with E-state index in [0.717, 1.165) is 80.4 Å². The molecule has 1 N–H and O–H groups in total. The summed E-state index contributed by atoms with van der Waals surface area (Å²) in [5.74, 6) is 1.21. The van der Waals surface area contributed by atoms with Crippen LogP contribution in [0.4, 0.5) is 0 Å². The lowest BCUT2D eigenvalue weighted by atomic mass is 9.85. The molecule has 2 aromatic rings. The van der Waals surface area contributed by atoms with Gasteiger partial charge in [-0.25, -0.2) is 4.98 Å². The maximum Gasteiger partial charge on any atom is 0.259 e. The lowest BCUT2D eigenvalue weighted by Crippen LogP contribution is -2.44. The van der Waals surface area contributed by atoms with Crippen LogP contribution in [0.5, 0.6) is 0 Å². The molecule has 30 heavy (non-hydrogen) atoms. The maximum absolute atomic E-state index is 13.2. The zero-order valence-electron chi connectivity index (χ0n) is 17.7. The first kappa shape index (κ1) is 20.2. The van der Waals surface area contributed by atoms with Crippen molar-refractivity contribution in [3.63, 3.8) is 0 Å². The summed E-state index contributed by atoms with van der Waals surface area (Å²) in [5, 5.41) is 0.815. The molecule has 3 aliphatic rings. The first-order valence-corrected chi connectivity index (χ1v) is 12.3. The average Bonchev–Trinajstić information content (AvgIpc) is 3.17. The molecule has 162 valence electrons. The van der Waals surface area contributed by atoms with Gasteiger partial charge in [0.25, 0.3) is 5.56 Å². The number of rotatable bonds is 3. The molecule has 0 spiro atoms. The number of thiophene rings is 1. The Morgan fingerprint density at radius 1 is 1.17 bits per heavy atom. The zero-order chi connectivity index (χ0) is 20.7. The molecule has 3 atom stereocenters. The number of nitrogens with zero attached hydrogens (tertiary/aromatic N) is 2. The molecule has 6 nitrogen and oxygen atoms in total. The number of likely N-dealkylation sites (tertiary alicyclic amines) is 1. The first-order chi connectivity index (χ1) is 14.6. The van der Waals surface area contributed by atoms with Gasteiger partial charge >= 0.3 is 0 Å². The van der Waals surface area contributed by atoms with Crippen LogP contribution in [0, 0.1) is 5.92 Å². The van der Waals surface area contributed by atoms with E-state index in [1.54, 1.807) is 18.4 Å². The second-order valence-electron chi connectivity index (χ2n) is 9.19. The molecule has 2 aliphatic carbocycles. The molecule has 0 unspecified atom stereocenters. The van der Waals surface area contributed by atoms with E-state index in [-0.39, 0.29) is 29.4 Å². The fourth-order valence-electron chi connectivity index (χ4n) is 5.62. The van der Waals surface area contributed by atoms with Crippen molar-refractivity contribution in [3.8, 4) is 0 Å². The number of hydrogen-bond donors (Lipinski definition) is 1. The van der Waals surface area contributed by atoms with Gasteiger partial charge in [-0.1, -0.05) is 6.42 Å². The number of aromatic nitrogens is 2. The summed E-state index contributed by atoms with van der Waals surface area (Å²) in [4.78, 5) is 38.3. The Balaban J connectivity index is 1.36. The molecule has 7 heteroatoms. The number of amides is 1. The van der Waals surface area contributed by atoms with Crippen LogP contribution in [0.25, 0.3) is 10.2 Å². The Labute approximate surface area is 181 Å². The van der Waals surface area contributed by atoms with Crippen LogP contribution in [-0.2, 0) is 22.4 Å². The second-order valence-corrected chi connectivity index (χ2v) is 10.3. The van der Waals surface area contributed by atoms with Gasteiger partial charge in [-0.15, -0.1) is 11.3 Å². The molecule has 1 saturated heterocycles. The van der Waals surface area contributed by atoms with E-state index in [4.69, 9.17) is 9.72 Å². The summed E-state index contributed by atoms with van der Waals surface area (Å²) in [7, 11) is 1.75. The first-order valence-electron chi connectivity index (χ1n) is 11.5. The van der Waals surface area contributed by atoms with Crippen LogP contribution in [0.2, 0.25) is 0 Å². The van der Waals surface area contributed by atoms with Gasteiger partial charge in [0.2, 0.25) is 5.91 Å². The molecule has 0 radical (unpaired) electrons.